The number of hydrogen-bond donors (Lipinski definition) is 1. The molecule has 1 spiro atoms. The summed E-state index contributed by atoms with van der Waals surface area (Å²) in [6, 6.07) is 3.90. The highest BCUT2D eigenvalue weighted by Gasteiger charge is 2.43. The van der Waals surface area contributed by atoms with Crippen LogP contribution >= 0.6 is 22.7 Å². The Morgan fingerprint density at radius 1 is 1.44 bits per heavy atom. The normalized spacial score (nSPS) is 23.2. The number of piperidine rings is 1. The molecule has 0 radical (unpaired) electrons. The van der Waals surface area contributed by atoms with Gasteiger partial charge in [0.05, 0.1) is 33.8 Å². The van der Waals surface area contributed by atoms with Crippen molar-refractivity contribution in [2.45, 2.75) is 44.4 Å². The van der Waals surface area contributed by atoms with Crippen LogP contribution in [0.5, 0.6) is 0 Å². The Balaban J connectivity index is 1.28. The number of rotatable bonds is 4. The van der Waals surface area contributed by atoms with E-state index >= 15 is 0 Å². The monoisotopic (exact) mass is 377 g/mol. The quantitative estimate of drug-likeness (QED) is 0.890. The fraction of sp³-hybridized carbons (Fsp3) is 0.556. The lowest BCUT2D eigenvalue weighted by atomic mass is 9.87. The zero-order valence-electron chi connectivity index (χ0n) is 14.4. The molecule has 2 aromatic heterocycles. The number of thiazole rings is 1. The van der Waals surface area contributed by atoms with Crippen LogP contribution in [0.4, 0.5) is 0 Å². The third-order valence-electron chi connectivity index (χ3n) is 5.11. The van der Waals surface area contributed by atoms with Gasteiger partial charge in [-0.3, -0.25) is 9.69 Å². The Labute approximate surface area is 156 Å². The van der Waals surface area contributed by atoms with Crippen molar-refractivity contribution in [2.24, 2.45) is 0 Å². The number of aryl methyl sites for hydroxylation is 1. The maximum absolute atomic E-state index is 12.2. The van der Waals surface area contributed by atoms with Gasteiger partial charge in [0.15, 0.2) is 0 Å². The van der Waals surface area contributed by atoms with Crippen LogP contribution < -0.4 is 5.32 Å². The molecule has 2 aliphatic heterocycles. The first-order chi connectivity index (χ1) is 12.1. The van der Waals surface area contributed by atoms with Crippen molar-refractivity contribution in [2.75, 3.05) is 19.7 Å². The number of carbonyl (C=O) groups is 1. The van der Waals surface area contributed by atoms with Gasteiger partial charge in [-0.15, -0.1) is 22.7 Å². The van der Waals surface area contributed by atoms with E-state index in [0.29, 0.717) is 6.61 Å². The standard InChI is InChI=1S/C18H23N3O2S2/c1-13-19-15(12-25-13)10-21-6-4-18(5-7-21)9-14(11-23-18)20-17(22)16-3-2-8-24-16/h2-3,8,12,14H,4-7,9-11H2,1H3,(H,20,22)/t14-/m0/s1. The minimum absolute atomic E-state index is 0.0250. The molecule has 0 saturated carbocycles. The molecule has 5 nitrogen and oxygen atoms in total. The van der Waals surface area contributed by atoms with Crippen molar-refractivity contribution in [3.05, 3.63) is 38.5 Å². The van der Waals surface area contributed by atoms with Crippen molar-refractivity contribution in [1.82, 2.24) is 15.2 Å². The summed E-state index contributed by atoms with van der Waals surface area (Å²) in [6.07, 6.45) is 2.98. The van der Waals surface area contributed by atoms with E-state index in [-0.39, 0.29) is 17.6 Å². The molecule has 2 aliphatic rings. The van der Waals surface area contributed by atoms with Crippen LogP contribution in [0.3, 0.4) is 0 Å². The number of thiophene rings is 1. The predicted octanol–water partition coefficient (Wildman–Crippen LogP) is 3.07. The van der Waals surface area contributed by atoms with Gasteiger partial charge in [-0.2, -0.15) is 0 Å². The number of amides is 1. The third-order valence-corrected chi connectivity index (χ3v) is 6.80. The largest absolute Gasteiger partial charge is 0.373 e. The van der Waals surface area contributed by atoms with E-state index in [1.54, 1.807) is 11.3 Å². The first kappa shape index (κ1) is 17.1. The number of hydrogen-bond acceptors (Lipinski definition) is 6. The number of aromatic nitrogens is 1. The van der Waals surface area contributed by atoms with Gasteiger partial charge in [-0.1, -0.05) is 6.07 Å². The summed E-state index contributed by atoms with van der Waals surface area (Å²) in [6.45, 7) is 5.67. The molecule has 1 atom stereocenters. The smallest absolute Gasteiger partial charge is 0.261 e. The molecule has 0 aliphatic carbocycles. The van der Waals surface area contributed by atoms with Crippen LogP contribution in [0, 0.1) is 6.92 Å². The first-order valence-corrected chi connectivity index (χ1v) is 10.5. The van der Waals surface area contributed by atoms with Crippen molar-refractivity contribution in [3.63, 3.8) is 0 Å². The van der Waals surface area contributed by atoms with E-state index in [9.17, 15) is 4.79 Å². The van der Waals surface area contributed by atoms with Crippen molar-refractivity contribution in [3.8, 4) is 0 Å². The van der Waals surface area contributed by atoms with Crippen LogP contribution in [0.25, 0.3) is 0 Å². The molecule has 1 N–H and O–H groups in total. The second kappa shape index (κ2) is 7.15. The van der Waals surface area contributed by atoms with E-state index < -0.39 is 0 Å². The van der Waals surface area contributed by atoms with Crippen LogP contribution in [0.2, 0.25) is 0 Å². The second-order valence-electron chi connectivity index (χ2n) is 6.98. The molecule has 4 heterocycles. The molecule has 4 rings (SSSR count). The minimum atomic E-state index is -0.0537. The lowest BCUT2D eigenvalue weighted by Gasteiger charge is -2.38. The summed E-state index contributed by atoms with van der Waals surface area (Å²) < 4.78 is 6.16. The molecule has 0 unspecified atom stereocenters. The molecule has 2 aromatic rings. The fourth-order valence-corrected chi connectivity index (χ4v) is 5.01. The van der Waals surface area contributed by atoms with E-state index in [0.717, 1.165) is 48.8 Å². The fourth-order valence-electron chi connectivity index (χ4n) is 3.78. The van der Waals surface area contributed by atoms with Gasteiger partial charge in [0.1, 0.15) is 0 Å². The molecule has 1 amide bonds. The molecule has 134 valence electrons. The van der Waals surface area contributed by atoms with Gasteiger partial charge in [-0.05, 0) is 37.6 Å². The van der Waals surface area contributed by atoms with E-state index in [1.807, 2.05) is 17.5 Å². The van der Waals surface area contributed by atoms with Crippen molar-refractivity contribution >= 4 is 28.6 Å². The highest BCUT2D eigenvalue weighted by Crippen LogP contribution is 2.36. The number of carbonyl (C=O) groups excluding carboxylic acids is 1. The van der Waals surface area contributed by atoms with Crippen LogP contribution in [0.1, 0.15) is 39.6 Å². The van der Waals surface area contributed by atoms with E-state index in [2.05, 4.69) is 27.5 Å². The minimum Gasteiger partial charge on any atom is -0.373 e. The van der Waals surface area contributed by atoms with Crippen molar-refractivity contribution < 1.29 is 9.53 Å². The topological polar surface area (TPSA) is 54.5 Å². The van der Waals surface area contributed by atoms with Gasteiger partial charge in [0.25, 0.3) is 5.91 Å². The van der Waals surface area contributed by atoms with Gasteiger partial charge in [0, 0.05) is 25.0 Å². The molecule has 7 heteroatoms. The van der Waals surface area contributed by atoms with Gasteiger partial charge >= 0.3 is 0 Å². The highest BCUT2D eigenvalue weighted by atomic mass is 32.1. The second-order valence-corrected chi connectivity index (χ2v) is 8.99. The summed E-state index contributed by atoms with van der Waals surface area (Å²) in [4.78, 5) is 20.0. The zero-order chi connectivity index (χ0) is 17.3. The van der Waals surface area contributed by atoms with E-state index in [1.165, 1.54) is 17.0 Å². The summed E-state index contributed by atoms with van der Waals surface area (Å²) in [5.74, 6) is 0.0250. The highest BCUT2D eigenvalue weighted by molar-refractivity contribution is 7.12. The molecule has 2 saturated heterocycles. The Hall–Kier alpha value is -1.28. The summed E-state index contributed by atoms with van der Waals surface area (Å²) >= 11 is 3.19. The van der Waals surface area contributed by atoms with Gasteiger partial charge < -0.3 is 10.1 Å². The Morgan fingerprint density at radius 2 is 2.28 bits per heavy atom. The third kappa shape index (κ3) is 3.95. The van der Waals surface area contributed by atoms with Gasteiger partial charge in [-0.25, -0.2) is 4.98 Å². The molecule has 2 fully saturated rings. The van der Waals surface area contributed by atoms with Crippen molar-refractivity contribution in [1.29, 1.82) is 0 Å². The van der Waals surface area contributed by atoms with Crippen LogP contribution in [-0.4, -0.2) is 47.1 Å². The predicted molar refractivity (Wildman–Crippen MR) is 100 cm³/mol. The van der Waals surface area contributed by atoms with Crippen LogP contribution in [0.15, 0.2) is 22.9 Å². The Morgan fingerprint density at radius 3 is 2.96 bits per heavy atom. The number of nitrogens with one attached hydrogen (secondary N) is 1. The first-order valence-electron chi connectivity index (χ1n) is 8.74. The zero-order valence-corrected chi connectivity index (χ0v) is 16.0. The summed E-state index contributed by atoms with van der Waals surface area (Å²) in [5.41, 5.74) is 1.12. The average molecular weight is 378 g/mol. The molecule has 0 aromatic carbocycles. The molecular formula is C18H23N3O2S2. The lowest BCUT2D eigenvalue weighted by molar-refractivity contribution is -0.0450. The Kier molecular flexibility index (Phi) is 4.90. The van der Waals surface area contributed by atoms with Crippen LogP contribution in [-0.2, 0) is 11.3 Å². The Bertz CT molecular complexity index is 721. The lowest BCUT2D eigenvalue weighted by Crippen LogP contribution is -2.44. The number of nitrogens with zero attached hydrogens (tertiary/aromatic N) is 2. The number of ether oxygens (including phenoxy) is 1. The molecule has 0 bridgehead atoms. The number of likely N-dealkylation sites (tertiary alicyclic amines) is 1. The average Bonchev–Trinajstić information content (AvgIpc) is 3.33. The van der Waals surface area contributed by atoms with Gasteiger partial charge in [0.2, 0.25) is 0 Å². The summed E-state index contributed by atoms with van der Waals surface area (Å²) in [7, 11) is 0. The summed E-state index contributed by atoms with van der Waals surface area (Å²) in [5, 5.41) is 8.35. The SMILES string of the molecule is Cc1nc(CN2CCC3(CC2)C[C@H](NC(=O)c2cccs2)CO3)cs1. The maximum Gasteiger partial charge on any atom is 0.261 e. The maximum atomic E-state index is 12.2. The molecule has 25 heavy (non-hydrogen) atoms. The molecular weight excluding hydrogens is 354 g/mol. The van der Waals surface area contributed by atoms with E-state index in [4.69, 9.17) is 4.74 Å².